The van der Waals surface area contributed by atoms with Gasteiger partial charge in [0.2, 0.25) is 5.91 Å². The maximum absolute atomic E-state index is 12.8. The molecule has 0 saturated heterocycles. The van der Waals surface area contributed by atoms with Crippen molar-refractivity contribution in [1.29, 1.82) is 0 Å². The summed E-state index contributed by atoms with van der Waals surface area (Å²) >= 11 is 0. The molecule has 3 aromatic rings. The fourth-order valence-electron chi connectivity index (χ4n) is 4.06. The Bertz CT molecular complexity index is 1100. The van der Waals surface area contributed by atoms with Gasteiger partial charge in [-0.3, -0.25) is 19.8 Å². The van der Waals surface area contributed by atoms with Gasteiger partial charge in [-0.15, -0.1) is 0 Å². The van der Waals surface area contributed by atoms with Crippen molar-refractivity contribution in [1.82, 2.24) is 4.90 Å². The molecule has 0 saturated carbocycles. The third kappa shape index (κ3) is 4.57. The van der Waals surface area contributed by atoms with Crippen LogP contribution in [0.25, 0.3) is 0 Å². The Morgan fingerprint density at radius 1 is 1.13 bits per heavy atom. The zero-order valence-corrected chi connectivity index (χ0v) is 17.2. The van der Waals surface area contributed by atoms with Crippen molar-refractivity contribution < 1.29 is 14.5 Å². The van der Waals surface area contributed by atoms with Crippen molar-refractivity contribution in [2.45, 2.75) is 12.5 Å². The van der Waals surface area contributed by atoms with Gasteiger partial charge in [-0.25, -0.2) is 0 Å². The number of rotatable bonds is 6. The Morgan fingerprint density at radius 2 is 1.87 bits per heavy atom. The molecule has 1 aliphatic heterocycles. The summed E-state index contributed by atoms with van der Waals surface area (Å²) in [5, 5.41) is 14.1. The average molecular weight is 417 g/mol. The quantitative estimate of drug-likeness (QED) is 0.480. The van der Waals surface area contributed by atoms with Crippen molar-refractivity contribution >= 4 is 17.3 Å². The maximum atomic E-state index is 12.8. The number of anilines is 1. The molecular formula is C24H23N3O4. The summed E-state index contributed by atoms with van der Waals surface area (Å²) < 4.78 is 5.05. The molecule has 31 heavy (non-hydrogen) atoms. The number of carbonyl (C=O) groups is 1. The molecule has 1 unspecified atom stereocenters. The second kappa shape index (κ2) is 8.97. The lowest BCUT2D eigenvalue weighted by Crippen LogP contribution is -2.39. The van der Waals surface area contributed by atoms with Crippen molar-refractivity contribution in [3.63, 3.8) is 0 Å². The van der Waals surface area contributed by atoms with Crippen molar-refractivity contribution in [2.75, 3.05) is 25.5 Å². The highest BCUT2D eigenvalue weighted by molar-refractivity contribution is 5.94. The van der Waals surface area contributed by atoms with Crippen LogP contribution >= 0.6 is 0 Å². The van der Waals surface area contributed by atoms with E-state index in [-0.39, 0.29) is 29.7 Å². The normalized spacial score (nSPS) is 15.7. The molecule has 0 spiro atoms. The number of methoxy groups -OCH3 is 1. The fourth-order valence-corrected chi connectivity index (χ4v) is 4.06. The first kappa shape index (κ1) is 20.6. The molecule has 7 nitrogen and oxygen atoms in total. The van der Waals surface area contributed by atoms with E-state index in [4.69, 9.17) is 4.74 Å². The number of carbonyl (C=O) groups excluding carboxylic acids is 1. The molecule has 1 heterocycles. The lowest BCUT2D eigenvalue weighted by molar-refractivity contribution is -0.384. The van der Waals surface area contributed by atoms with Gasteiger partial charge in [0.25, 0.3) is 5.69 Å². The van der Waals surface area contributed by atoms with E-state index in [1.54, 1.807) is 6.07 Å². The molecule has 7 heteroatoms. The lowest BCUT2D eigenvalue weighted by Gasteiger charge is -2.34. The van der Waals surface area contributed by atoms with Crippen LogP contribution < -0.4 is 10.1 Å². The zero-order valence-electron chi connectivity index (χ0n) is 17.2. The van der Waals surface area contributed by atoms with Crippen LogP contribution in [0.1, 0.15) is 22.6 Å². The zero-order chi connectivity index (χ0) is 21.8. The van der Waals surface area contributed by atoms with Gasteiger partial charge in [-0.1, -0.05) is 54.6 Å². The Morgan fingerprint density at radius 3 is 2.61 bits per heavy atom. The summed E-state index contributed by atoms with van der Waals surface area (Å²) in [5.41, 5.74) is 3.62. The Labute approximate surface area is 180 Å². The number of hydrogen-bond acceptors (Lipinski definition) is 5. The van der Waals surface area contributed by atoms with Gasteiger partial charge in [-0.2, -0.15) is 0 Å². The van der Waals surface area contributed by atoms with E-state index in [9.17, 15) is 14.9 Å². The molecule has 1 amide bonds. The van der Waals surface area contributed by atoms with Crippen molar-refractivity contribution in [3.8, 4) is 5.75 Å². The molecule has 0 radical (unpaired) electrons. The second-order valence-electron chi connectivity index (χ2n) is 7.52. The van der Waals surface area contributed by atoms with Crippen LogP contribution in [-0.2, 0) is 11.3 Å². The topological polar surface area (TPSA) is 84.7 Å². The first-order valence-corrected chi connectivity index (χ1v) is 10.0. The summed E-state index contributed by atoms with van der Waals surface area (Å²) in [6.45, 7) is 1.48. The van der Waals surface area contributed by atoms with Crippen molar-refractivity contribution in [3.05, 3.63) is 99.6 Å². The highest BCUT2D eigenvalue weighted by Gasteiger charge is 2.28. The largest absolute Gasteiger partial charge is 0.496 e. The number of nitro benzene ring substituents is 1. The van der Waals surface area contributed by atoms with Crippen molar-refractivity contribution in [2.24, 2.45) is 0 Å². The van der Waals surface area contributed by atoms with Gasteiger partial charge < -0.3 is 10.1 Å². The lowest BCUT2D eigenvalue weighted by atomic mass is 9.84. The van der Waals surface area contributed by atoms with Gasteiger partial charge >= 0.3 is 0 Å². The molecular weight excluding hydrogens is 394 g/mol. The number of ether oxygens (including phenoxy) is 1. The molecule has 4 rings (SSSR count). The predicted octanol–water partition coefficient (Wildman–Crippen LogP) is 4.19. The highest BCUT2D eigenvalue weighted by atomic mass is 16.6. The smallest absolute Gasteiger partial charge is 0.296 e. The molecule has 1 atom stereocenters. The second-order valence-corrected chi connectivity index (χ2v) is 7.52. The number of nitro groups is 1. The van der Waals surface area contributed by atoms with Gasteiger partial charge in [-0.05, 0) is 28.8 Å². The summed E-state index contributed by atoms with van der Waals surface area (Å²) in [4.78, 5) is 25.7. The maximum Gasteiger partial charge on any atom is 0.296 e. The van der Waals surface area contributed by atoms with Gasteiger partial charge in [0.15, 0.2) is 0 Å². The Kier molecular flexibility index (Phi) is 5.95. The van der Waals surface area contributed by atoms with E-state index in [1.807, 2.05) is 30.3 Å². The molecule has 0 aromatic heterocycles. The summed E-state index contributed by atoms with van der Waals surface area (Å²) in [7, 11) is 1.44. The van der Waals surface area contributed by atoms with Gasteiger partial charge in [0, 0.05) is 19.0 Å². The monoisotopic (exact) mass is 417 g/mol. The van der Waals surface area contributed by atoms with Crippen LogP contribution in [0.2, 0.25) is 0 Å². The number of benzene rings is 3. The van der Waals surface area contributed by atoms with Crippen LogP contribution in [0.3, 0.4) is 0 Å². The molecule has 3 aromatic carbocycles. The van der Waals surface area contributed by atoms with Gasteiger partial charge in [0.05, 0.1) is 24.6 Å². The van der Waals surface area contributed by atoms with Crippen LogP contribution in [0.5, 0.6) is 5.75 Å². The predicted molar refractivity (Wildman–Crippen MR) is 118 cm³/mol. The number of fused-ring (bicyclic) bond motifs is 1. The standard InChI is InChI=1S/C24H23N3O4/c1-31-19-11-12-22(23(13-19)27(29)30)25-24(28)16-26-14-18-9-5-6-10-20(18)21(15-26)17-7-3-2-4-8-17/h2-13,21H,14-16H2,1H3,(H,25,28). The summed E-state index contributed by atoms with van der Waals surface area (Å²) in [5.74, 6) is 0.233. The Balaban J connectivity index is 1.52. The van der Waals surface area contributed by atoms with Crippen LogP contribution in [0.4, 0.5) is 11.4 Å². The summed E-state index contributed by atoms with van der Waals surface area (Å²) in [6, 6.07) is 22.9. The first-order valence-electron chi connectivity index (χ1n) is 10.0. The minimum Gasteiger partial charge on any atom is -0.496 e. The SMILES string of the molecule is COc1ccc(NC(=O)CN2Cc3ccccc3C(c3ccccc3)C2)c([N+](=O)[O-])c1. The molecule has 1 N–H and O–H groups in total. The van der Waals surface area contributed by atoms with E-state index >= 15 is 0 Å². The number of nitrogens with one attached hydrogen (secondary N) is 1. The van der Waals surface area contributed by atoms with Crippen LogP contribution in [0.15, 0.2) is 72.8 Å². The third-order valence-corrected chi connectivity index (χ3v) is 5.51. The Hall–Kier alpha value is -3.71. The van der Waals surface area contributed by atoms with Gasteiger partial charge in [0.1, 0.15) is 11.4 Å². The van der Waals surface area contributed by atoms with E-state index in [2.05, 4.69) is 34.5 Å². The summed E-state index contributed by atoms with van der Waals surface area (Å²) in [6.07, 6.45) is 0. The molecule has 0 aliphatic carbocycles. The number of amides is 1. The minimum atomic E-state index is -0.527. The molecule has 158 valence electrons. The van der Waals surface area contributed by atoms with Crippen LogP contribution in [-0.4, -0.2) is 35.9 Å². The minimum absolute atomic E-state index is 0.140. The highest BCUT2D eigenvalue weighted by Crippen LogP contribution is 2.33. The van der Waals surface area contributed by atoms with E-state index in [0.29, 0.717) is 18.8 Å². The fraction of sp³-hybridized carbons (Fsp3) is 0.208. The number of nitrogens with zero attached hydrogens (tertiary/aromatic N) is 2. The average Bonchev–Trinajstić information content (AvgIpc) is 2.79. The van der Waals surface area contributed by atoms with Crippen LogP contribution in [0, 0.1) is 10.1 Å². The molecule has 1 aliphatic rings. The van der Waals surface area contributed by atoms with E-state index < -0.39 is 4.92 Å². The van der Waals surface area contributed by atoms with E-state index in [1.165, 1.54) is 35.9 Å². The van der Waals surface area contributed by atoms with E-state index in [0.717, 1.165) is 0 Å². The third-order valence-electron chi connectivity index (χ3n) is 5.51. The first-order chi connectivity index (χ1) is 15.0. The molecule has 0 bridgehead atoms. The molecule has 0 fully saturated rings. The number of hydrogen-bond donors (Lipinski definition) is 1.